The van der Waals surface area contributed by atoms with Crippen molar-refractivity contribution >= 4 is 54.1 Å². The molecule has 0 aliphatic heterocycles. The highest BCUT2D eigenvalue weighted by Crippen LogP contribution is 2.52. The van der Waals surface area contributed by atoms with Gasteiger partial charge in [0.05, 0.1) is 5.69 Å². The lowest BCUT2D eigenvalue weighted by molar-refractivity contribution is 0.567. The molecule has 2 aliphatic carbocycles. The van der Waals surface area contributed by atoms with E-state index in [1.54, 1.807) is 0 Å². The van der Waals surface area contributed by atoms with Crippen molar-refractivity contribution in [3.63, 3.8) is 0 Å². The molecular weight excluding hydrogens is 695 g/mol. The van der Waals surface area contributed by atoms with Crippen molar-refractivity contribution in [2.24, 2.45) is 5.92 Å². The first-order valence-corrected chi connectivity index (χ1v) is 20.7. The molecule has 0 fully saturated rings. The molecule has 0 radical (unpaired) electrons. The highest BCUT2D eigenvalue weighted by atomic mass is 32.1. The molecule has 2 atom stereocenters. The Balaban J connectivity index is 1.23. The lowest BCUT2D eigenvalue weighted by Gasteiger charge is -2.37. The second-order valence-electron chi connectivity index (χ2n) is 17.4. The second kappa shape index (κ2) is 14.1. The van der Waals surface area contributed by atoms with E-state index in [0.29, 0.717) is 0 Å². The van der Waals surface area contributed by atoms with Crippen LogP contribution in [0.3, 0.4) is 0 Å². The van der Waals surface area contributed by atoms with Crippen molar-refractivity contribution in [2.45, 2.75) is 58.3 Å². The first-order chi connectivity index (χ1) is 27.1. The molecule has 0 spiro atoms. The summed E-state index contributed by atoms with van der Waals surface area (Å²) in [6, 6.07) is 51.9. The maximum absolute atomic E-state index is 2.50. The van der Waals surface area contributed by atoms with Gasteiger partial charge in [-0.3, -0.25) is 0 Å². The van der Waals surface area contributed by atoms with Gasteiger partial charge in [-0.2, -0.15) is 0 Å². The highest BCUT2D eigenvalue weighted by molar-refractivity contribution is 7.26. The van der Waals surface area contributed by atoms with Crippen LogP contribution in [0, 0.1) is 5.92 Å². The van der Waals surface area contributed by atoms with Gasteiger partial charge in [0.2, 0.25) is 0 Å². The molecule has 0 amide bonds. The summed E-state index contributed by atoms with van der Waals surface area (Å²) >= 11 is 1.89. The zero-order valence-corrected chi connectivity index (χ0v) is 34.1. The molecule has 1 heterocycles. The Bertz CT molecular complexity index is 2690. The molecule has 276 valence electrons. The number of hydrogen-bond acceptors (Lipinski definition) is 2. The first kappa shape index (κ1) is 36.0. The maximum atomic E-state index is 2.50. The number of allylic oxidation sites excluding steroid dienone is 8. The maximum Gasteiger partial charge on any atom is 0.0540 e. The fraction of sp³-hybridized carbons (Fsp3) is 0.185. The van der Waals surface area contributed by atoms with Gasteiger partial charge < -0.3 is 4.90 Å². The predicted octanol–water partition coefficient (Wildman–Crippen LogP) is 15.6. The Labute approximate surface area is 336 Å². The van der Waals surface area contributed by atoms with Gasteiger partial charge in [-0.25, -0.2) is 0 Å². The third-order valence-corrected chi connectivity index (χ3v) is 12.8. The molecule has 1 nitrogen and oxygen atoms in total. The molecule has 0 saturated carbocycles. The van der Waals surface area contributed by atoms with Gasteiger partial charge in [0, 0.05) is 54.5 Å². The van der Waals surface area contributed by atoms with Crippen LogP contribution in [0.15, 0.2) is 182 Å². The van der Waals surface area contributed by atoms with Crippen LogP contribution in [-0.2, 0) is 10.8 Å². The SMILES string of the molecule is CC(C)(C)c1cc(C2=CC=CC3=CC=CC(c4ccccc4N(c4ccccc4)c4ccccc4-c4cccc5c4sc4ccccc45)C32)cc(C(C)(C)C)c1. The van der Waals surface area contributed by atoms with E-state index in [0.717, 1.165) is 5.69 Å². The molecule has 6 aromatic carbocycles. The van der Waals surface area contributed by atoms with E-state index in [9.17, 15) is 0 Å². The van der Waals surface area contributed by atoms with Gasteiger partial charge >= 0.3 is 0 Å². The Morgan fingerprint density at radius 1 is 0.554 bits per heavy atom. The molecule has 1 aromatic heterocycles. The van der Waals surface area contributed by atoms with Gasteiger partial charge in [-0.05, 0) is 74.6 Å². The summed E-state index contributed by atoms with van der Waals surface area (Å²) in [7, 11) is 0. The number of para-hydroxylation sites is 3. The Hall–Kier alpha value is -5.70. The van der Waals surface area contributed by atoms with Crippen LogP contribution in [-0.4, -0.2) is 0 Å². The number of fused-ring (bicyclic) bond motifs is 4. The first-order valence-electron chi connectivity index (χ1n) is 19.9. The van der Waals surface area contributed by atoms with Crippen molar-refractivity contribution < 1.29 is 0 Å². The number of rotatable bonds is 6. The molecule has 2 heteroatoms. The fourth-order valence-corrected chi connectivity index (χ4v) is 9.87. The summed E-state index contributed by atoms with van der Waals surface area (Å²) < 4.78 is 2.64. The van der Waals surface area contributed by atoms with Gasteiger partial charge in [0.25, 0.3) is 0 Å². The van der Waals surface area contributed by atoms with E-state index in [4.69, 9.17) is 0 Å². The number of benzene rings is 6. The minimum Gasteiger partial charge on any atom is -0.310 e. The molecule has 9 rings (SSSR count). The fourth-order valence-electron chi connectivity index (χ4n) is 8.64. The Morgan fingerprint density at radius 2 is 1.20 bits per heavy atom. The number of anilines is 3. The Kier molecular flexibility index (Phi) is 9.06. The van der Waals surface area contributed by atoms with Crippen LogP contribution in [0.4, 0.5) is 17.1 Å². The monoisotopic (exact) mass is 743 g/mol. The zero-order valence-electron chi connectivity index (χ0n) is 33.3. The largest absolute Gasteiger partial charge is 0.310 e. The van der Waals surface area contributed by atoms with E-state index in [1.165, 1.54) is 76.1 Å². The van der Waals surface area contributed by atoms with Crippen LogP contribution in [0.25, 0.3) is 36.9 Å². The summed E-state index contributed by atoms with van der Waals surface area (Å²) in [4.78, 5) is 2.50. The standard InChI is InChI=1S/C54H49NS/c1-53(2,3)38-33-37(34-39(35-38)54(4,5)6)41-26-16-19-36-20-17-27-45(51(36)41)42-23-10-13-30-48(42)55(40-21-8-7-9-22-40)49-31-14-11-24-43(49)46-28-18-29-47-44-25-12-15-32-50(44)56-52(46)47/h7-35,45,51H,1-6H3. The van der Waals surface area contributed by atoms with Crippen molar-refractivity contribution in [3.05, 3.63) is 204 Å². The lowest BCUT2D eigenvalue weighted by atomic mass is 9.69. The smallest absolute Gasteiger partial charge is 0.0540 e. The minimum atomic E-state index is 0.0297. The van der Waals surface area contributed by atoms with E-state index >= 15 is 0 Å². The minimum absolute atomic E-state index is 0.0297. The van der Waals surface area contributed by atoms with Crippen LogP contribution in [0.5, 0.6) is 0 Å². The third kappa shape index (κ3) is 6.46. The average molecular weight is 744 g/mol. The molecule has 2 aliphatic rings. The van der Waals surface area contributed by atoms with Crippen molar-refractivity contribution in [1.82, 2.24) is 0 Å². The predicted molar refractivity (Wildman–Crippen MR) is 244 cm³/mol. The zero-order chi connectivity index (χ0) is 38.6. The second-order valence-corrected chi connectivity index (χ2v) is 18.4. The lowest BCUT2D eigenvalue weighted by Crippen LogP contribution is -2.23. The van der Waals surface area contributed by atoms with Crippen LogP contribution >= 0.6 is 11.3 Å². The quantitative estimate of drug-likeness (QED) is 0.164. The molecular formula is C54H49NS. The van der Waals surface area contributed by atoms with Crippen molar-refractivity contribution in [3.8, 4) is 11.1 Å². The summed E-state index contributed by atoms with van der Waals surface area (Å²) in [5.74, 6) is 0.275. The normalized spacial score (nSPS) is 16.8. The molecule has 7 aromatic rings. The third-order valence-electron chi connectivity index (χ3n) is 11.6. The molecule has 2 unspecified atom stereocenters. The number of hydrogen-bond donors (Lipinski definition) is 0. The van der Waals surface area contributed by atoms with Crippen LogP contribution < -0.4 is 4.90 Å². The van der Waals surface area contributed by atoms with Gasteiger partial charge in [-0.1, -0.05) is 187 Å². The highest BCUT2D eigenvalue weighted by Gasteiger charge is 2.34. The van der Waals surface area contributed by atoms with Crippen molar-refractivity contribution in [1.29, 1.82) is 0 Å². The van der Waals surface area contributed by atoms with Crippen LogP contribution in [0.1, 0.15) is 69.7 Å². The molecule has 0 saturated heterocycles. The van der Waals surface area contributed by atoms with Gasteiger partial charge in [-0.15, -0.1) is 11.3 Å². The van der Waals surface area contributed by atoms with E-state index in [2.05, 4.69) is 222 Å². The summed E-state index contributed by atoms with van der Waals surface area (Å²) in [5, 5.41) is 2.63. The average Bonchev–Trinajstić information content (AvgIpc) is 3.60. The molecule has 0 bridgehead atoms. The summed E-state index contributed by atoms with van der Waals surface area (Å²) in [5.41, 5.74) is 14.2. The molecule has 56 heavy (non-hydrogen) atoms. The molecule has 0 N–H and O–H groups in total. The number of nitrogens with zero attached hydrogens (tertiary/aromatic N) is 1. The summed E-state index contributed by atoms with van der Waals surface area (Å²) in [6.45, 7) is 14.0. The number of thiophene rings is 1. The van der Waals surface area contributed by atoms with E-state index in [-0.39, 0.29) is 22.7 Å². The summed E-state index contributed by atoms with van der Waals surface area (Å²) in [6.07, 6.45) is 14.0. The Morgan fingerprint density at radius 3 is 1.96 bits per heavy atom. The van der Waals surface area contributed by atoms with Gasteiger partial charge in [0.1, 0.15) is 0 Å². The van der Waals surface area contributed by atoms with Gasteiger partial charge in [0.15, 0.2) is 0 Å². The van der Waals surface area contributed by atoms with Crippen LogP contribution in [0.2, 0.25) is 0 Å². The van der Waals surface area contributed by atoms with E-state index in [1.807, 2.05) is 11.3 Å². The van der Waals surface area contributed by atoms with Crippen molar-refractivity contribution in [2.75, 3.05) is 4.90 Å². The van der Waals surface area contributed by atoms with E-state index < -0.39 is 0 Å². The topological polar surface area (TPSA) is 3.24 Å².